The number of anilines is 1. The van der Waals surface area contributed by atoms with Gasteiger partial charge in [-0.15, -0.1) is 0 Å². The Morgan fingerprint density at radius 3 is 1.20 bits per heavy atom. The molecule has 10 aromatic carbocycles. The molecule has 142 heavy (non-hydrogen) atoms. The number of nitrogen functional groups attached to an aromatic ring is 1. The molecule has 5 atom stereocenters. The van der Waals surface area contributed by atoms with Crippen molar-refractivity contribution in [3.63, 3.8) is 0 Å². The number of rotatable bonds is 27. The highest BCUT2D eigenvalue weighted by Crippen LogP contribution is 2.38. The Labute approximate surface area is 830 Å². The Morgan fingerprint density at radius 1 is 0.479 bits per heavy atom. The van der Waals surface area contributed by atoms with Crippen LogP contribution in [0.2, 0.25) is 5.15 Å². The predicted molar refractivity (Wildman–Crippen MR) is 536 cm³/mol. The number of methoxy groups -OCH3 is 4. The Balaban J connectivity index is 0.000000241. The number of fused-ring (bicyclic) bond motifs is 2. The van der Waals surface area contributed by atoms with Gasteiger partial charge in [0.25, 0.3) is 17.7 Å². The average molecular weight is 1970 g/mol. The monoisotopic (exact) mass is 1970 g/mol. The van der Waals surface area contributed by atoms with Crippen molar-refractivity contribution < 1.29 is 101 Å². The number of halogens is 5. The fraction of sp³-hybridized carbons (Fsp3) is 0.309. The van der Waals surface area contributed by atoms with Gasteiger partial charge in [-0.1, -0.05) is 188 Å². The van der Waals surface area contributed by atoms with E-state index >= 15 is 0 Å². The van der Waals surface area contributed by atoms with Crippen LogP contribution >= 0.6 is 11.6 Å². The van der Waals surface area contributed by atoms with Crippen molar-refractivity contribution in [3.05, 3.63) is 359 Å². The third-order valence-electron chi connectivity index (χ3n) is 22.9. The van der Waals surface area contributed by atoms with Gasteiger partial charge in [-0.05, 0) is 189 Å². The van der Waals surface area contributed by atoms with Crippen molar-refractivity contribution in [2.75, 3.05) is 47.3 Å². The van der Waals surface area contributed by atoms with Crippen LogP contribution in [-0.2, 0) is 79.9 Å². The van der Waals surface area contributed by atoms with Crippen molar-refractivity contribution in [2.45, 2.75) is 183 Å². The third kappa shape index (κ3) is 30.3. The van der Waals surface area contributed by atoms with E-state index in [0.29, 0.717) is 98.5 Å². The molecule has 4 heterocycles. The molecule has 11 N–H and O–H groups in total. The van der Waals surface area contributed by atoms with Crippen LogP contribution in [0.4, 0.5) is 23.2 Å². The zero-order valence-corrected chi connectivity index (χ0v) is 83.7. The fourth-order valence-corrected chi connectivity index (χ4v) is 14.5. The van der Waals surface area contributed by atoms with Gasteiger partial charge < -0.3 is 76.2 Å². The number of ether oxygens (including phenoxy) is 4. The minimum Gasteiger partial charge on any atom is -0.497 e. The summed E-state index contributed by atoms with van der Waals surface area (Å²) in [6.45, 7) is 32.7. The lowest BCUT2D eigenvalue weighted by molar-refractivity contribution is -0.157. The molecule has 27 nitrogen and oxygen atoms in total. The van der Waals surface area contributed by atoms with Gasteiger partial charge in [0.2, 0.25) is 0 Å². The normalized spacial score (nSPS) is 13.5. The number of carboxylic acids is 1. The number of nitrogens with two attached hydrogens (primary N) is 2. The molecule has 0 saturated carbocycles. The van der Waals surface area contributed by atoms with E-state index < -0.39 is 63.3 Å². The van der Waals surface area contributed by atoms with Crippen LogP contribution in [-0.4, -0.2) is 143 Å². The molecule has 0 spiro atoms. The van der Waals surface area contributed by atoms with Crippen molar-refractivity contribution in [2.24, 2.45) is 5.73 Å². The molecule has 12 aromatic rings. The van der Waals surface area contributed by atoms with E-state index in [2.05, 4.69) is 30.1 Å². The largest absolute Gasteiger partial charge is 0.497 e. The van der Waals surface area contributed by atoms with Gasteiger partial charge in [-0.3, -0.25) is 33.6 Å². The van der Waals surface area contributed by atoms with Crippen LogP contribution in [0, 0.1) is 57.5 Å². The highest BCUT2D eigenvalue weighted by molar-refractivity contribution is 6.33. The molecule has 0 fully saturated rings. The molecule has 750 valence electrons. The van der Waals surface area contributed by atoms with Crippen molar-refractivity contribution in [1.29, 1.82) is 0 Å². The number of aliphatic hydroxyl groups is 5. The summed E-state index contributed by atoms with van der Waals surface area (Å²) in [6.07, 6.45) is 2.44. The summed E-state index contributed by atoms with van der Waals surface area (Å²) in [5, 5.41) is 61.3. The summed E-state index contributed by atoms with van der Waals surface area (Å²) >= 11 is 6.21. The number of Topliss-reactive ketones (excluding diaryl/α,β-unsaturated/α-hetero) is 3. The SMILES string of the molecule is CC(=O)c1ccc(C)cc1.CCCC(=O)C(C)(O)c1ccc(C)cc1.CCCC(=O)C(C)(O)c1ccc(N)cc1.CCN.CCNC(=O)C(C)(O)c1ccc(Cc2nc(-c3c(F)cccc3F)nc3c2C(=O)N(Cc2ccc(OC)cc2OC)C3)cc1.COc1ccc(CN2Cc3nc(-c4c(F)cccc4F)nc(Cl)c3C2=O)c(OC)c1.Cc1ccc(C(C)(O)C(=O)O)cc1.[C-]#[N+]C(C)(O)c1ccc(C)cc1. The Hall–Kier alpha value is -14.5. The van der Waals surface area contributed by atoms with E-state index in [-0.39, 0.29) is 101 Å². The van der Waals surface area contributed by atoms with Gasteiger partial charge in [-0.2, -0.15) is 0 Å². The van der Waals surface area contributed by atoms with Gasteiger partial charge in [0, 0.05) is 67.2 Å². The fourth-order valence-electron chi connectivity index (χ4n) is 14.2. The molecule has 0 bridgehead atoms. The van der Waals surface area contributed by atoms with Gasteiger partial charge >= 0.3 is 11.7 Å². The molecule has 2 aliphatic heterocycles. The highest BCUT2D eigenvalue weighted by atomic mass is 35.5. The molecule has 14 rings (SSSR count). The number of aromatic nitrogens is 4. The van der Waals surface area contributed by atoms with Crippen molar-refractivity contribution in [3.8, 4) is 45.8 Å². The summed E-state index contributed by atoms with van der Waals surface area (Å²) in [7, 11) is 6.14. The number of carbonyl (C=O) groups is 7. The summed E-state index contributed by atoms with van der Waals surface area (Å²) in [4.78, 5) is 107. The molecule has 2 aromatic heterocycles. The van der Waals surface area contributed by atoms with Gasteiger partial charge in [-0.25, -0.2) is 48.9 Å². The minimum absolute atomic E-state index is 0.0935. The Bertz CT molecular complexity index is 6290. The van der Waals surface area contributed by atoms with Gasteiger partial charge in [0.1, 0.15) is 68.2 Å². The van der Waals surface area contributed by atoms with Crippen LogP contribution in [0.15, 0.2) is 218 Å². The van der Waals surface area contributed by atoms with Crippen LogP contribution in [0.3, 0.4) is 0 Å². The topological polar surface area (TPSA) is 404 Å². The summed E-state index contributed by atoms with van der Waals surface area (Å²) in [5.41, 5.74) is 14.0. The van der Waals surface area contributed by atoms with Crippen LogP contribution in [0.25, 0.3) is 27.6 Å². The number of likely N-dealkylation sites (N-methyl/N-ethyl adjacent to an activating group) is 1. The number of benzene rings is 10. The third-order valence-corrected chi connectivity index (χ3v) is 23.1. The Kier molecular flexibility index (Phi) is 42.0. The van der Waals surface area contributed by atoms with E-state index in [1.165, 1.54) is 64.5 Å². The molecular weight excluding hydrogens is 1840 g/mol. The molecule has 0 saturated heterocycles. The molecule has 5 unspecified atom stereocenters. The Morgan fingerprint density at radius 2 is 0.831 bits per heavy atom. The lowest BCUT2D eigenvalue weighted by Crippen LogP contribution is -2.42. The number of nitrogens with zero attached hydrogens (tertiary/aromatic N) is 7. The second-order valence-electron chi connectivity index (χ2n) is 34.2. The van der Waals surface area contributed by atoms with E-state index in [0.717, 1.165) is 77.0 Å². The van der Waals surface area contributed by atoms with E-state index in [1.807, 2.05) is 109 Å². The zero-order chi connectivity index (χ0) is 105. The maximum Gasteiger partial charge on any atom is 0.358 e. The summed E-state index contributed by atoms with van der Waals surface area (Å²) in [6, 6.07) is 60.0. The average Bonchev–Trinajstić information content (AvgIpc) is 1.60. The van der Waals surface area contributed by atoms with E-state index in [9.17, 15) is 76.7 Å². The maximum absolute atomic E-state index is 14.8. The standard InChI is InChI=1S/C33H32F2N4O5.C21H16ClF2N3O3.C13H18O2.C12H17NO2.C10H11NO.C10H12O3.C9H10O.C2H7N/c1-5-36-32(41)33(2,42)21-12-9-19(10-13-21)15-25-29-26(38-30(37-25)28-23(34)7-6-8-24(28)35)18-39(31(29)40)17-20-11-14-22(43-3)16-27(20)44-4;1-29-12-7-6-11(16(8-12)30-2)9-27-10-15-18(21(27)28)19(22)26-20(25-15)17-13(23)4-3-5-14(17)24;1-4-5-12(14)13(3,15)11-8-6-10(2)7-9-11;1-3-4-11(14)12(2,15)9-5-7-10(13)8-6-9;1-8-4-6-9(7-5-8)10(2,12)11-3;1-7-3-5-8(6-4-7)10(2,13)9(11)12;1-7-3-5-9(6-4-7)8(2)10;1-2-3/h6-14,16,42H,5,15,17-18H2,1-4H3,(H,36,41);3-8H,9-10H2,1-2H3;6-9,15H,4-5H2,1-3H3;5-8,15H,3-4,13H2,1-2H3;4-7,12H,1-2H3;3-6,13H,1-2H3,(H,11,12);3-6H,1-2H3;2-3H2,1H3. The first-order valence-electron chi connectivity index (χ1n) is 45.5. The molecule has 0 radical (unpaired) electrons. The molecule has 0 aliphatic carbocycles. The minimum atomic E-state index is -1.80. The number of hydrogen-bond donors (Lipinski definition) is 9. The second kappa shape index (κ2) is 52.1. The number of hydrogen-bond acceptors (Lipinski definition) is 22. The molecular formula is C110H123ClF4N10O17. The number of carbonyl (C=O) groups excluding carboxylic acids is 6. The zero-order valence-electron chi connectivity index (χ0n) is 82.9. The first kappa shape index (κ1) is 114. The van der Waals surface area contributed by atoms with Crippen molar-refractivity contribution in [1.82, 2.24) is 35.1 Å². The van der Waals surface area contributed by atoms with Crippen molar-refractivity contribution >= 4 is 58.3 Å². The smallest absolute Gasteiger partial charge is 0.358 e. The number of ketones is 3. The van der Waals surface area contributed by atoms with Crippen LogP contribution in [0.5, 0.6) is 23.0 Å². The van der Waals surface area contributed by atoms with E-state index in [1.54, 1.807) is 161 Å². The lowest BCUT2D eigenvalue weighted by atomic mass is 9.89. The number of nitrogens with one attached hydrogen (secondary N) is 1. The van der Waals surface area contributed by atoms with E-state index in [4.69, 9.17) is 53.7 Å². The highest BCUT2D eigenvalue weighted by Gasteiger charge is 2.39. The lowest BCUT2D eigenvalue weighted by Gasteiger charge is -2.22. The predicted octanol–water partition coefficient (Wildman–Crippen LogP) is 18.7. The van der Waals surface area contributed by atoms with Crippen LogP contribution < -0.4 is 35.7 Å². The quantitative estimate of drug-likeness (QED) is 0.00759. The molecule has 2 aliphatic rings. The summed E-state index contributed by atoms with van der Waals surface area (Å²) in [5.74, 6) is -3.93. The number of aryl methyl sites for hydroxylation is 4. The van der Waals surface area contributed by atoms with Gasteiger partial charge in [0.05, 0.1) is 94.0 Å². The summed E-state index contributed by atoms with van der Waals surface area (Å²) < 4.78 is 79.3. The maximum atomic E-state index is 14.8. The first-order chi connectivity index (χ1) is 67.1. The number of carboxylic acid groups (broad SMARTS) is 1. The van der Waals surface area contributed by atoms with Gasteiger partial charge in [0.15, 0.2) is 40.2 Å². The van der Waals surface area contributed by atoms with Crippen LogP contribution in [0.1, 0.15) is 210 Å². The first-order valence-corrected chi connectivity index (χ1v) is 45.8. The second-order valence-corrected chi connectivity index (χ2v) is 34.6. The molecule has 3 amide bonds. The molecule has 32 heteroatoms. The number of amides is 3. The number of aliphatic carboxylic acids is 1.